The summed E-state index contributed by atoms with van der Waals surface area (Å²) in [6.07, 6.45) is 1.89. The lowest BCUT2D eigenvalue weighted by Gasteiger charge is -2.09. The lowest BCUT2D eigenvalue weighted by atomic mass is 10.1. The number of hydrogen-bond acceptors (Lipinski definition) is 3. The number of carbonyl (C=O) groups is 1. The van der Waals surface area contributed by atoms with Gasteiger partial charge in [0.25, 0.3) is 0 Å². The van der Waals surface area contributed by atoms with Gasteiger partial charge in [-0.1, -0.05) is 25.0 Å². The maximum atomic E-state index is 10.7. The number of hydrogen-bond donors (Lipinski definition) is 4. The molecule has 0 aliphatic rings. The van der Waals surface area contributed by atoms with E-state index >= 15 is 0 Å². The Morgan fingerprint density at radius 3 is 2.40 bits per heavy atom. The second-order valence-electron chi connectivity index (χ2n) is 3.26. The summed E-state index contributed by atoms with van der Waals surface area (Å²) in [5.74, 6) is -1.21. The Balaban J connectivity index is 4.65. The van der Waals surface area contributed by atoms with Gasteiger partial charge in [0, 0.05) is 0 Å². The average molecular weight is 237 g/mol. The van der Waals surface area contributed by atoms with E-state index in [4.69, 9.17) is 20.6 Å². The molecule has 0 heterocycles. The van der Waals surface area contributed by atoms with Crippen molar-refractivity contribution in [3.05, 3.63) is 11.6 Å². The summed E-state index contributed by atoms with van der Waals surface area (Å²) >= 11 is 0. The van der Waals surface area contributed by atoms with Crippen LogP contribution in [0.15, 0.2) is 11.6 Å². The van der Waals surface area contributed by atoms with E-state index in [0.29, 0.717) is 18.4 Å². The normalized spacial score (nSPS) is 15.1. The molecule has 7 heteroatoms. The molecule has 0 aromatic carbocycles. The highest BCUT2D eigenvalue weighted by atomic mass is 31.2. The van der Waals surface area contributed by atoms with Gasteiger partial charge < -0.3 is 20.6 Å². The fourth-order valence-corrected chi connectivity index (χ4v) is 1.92. The fourth-order valence-electron chi connectivity index (χ4n) is 1.13. The molecule has 0 spiro atoms. The molecule has 0 rings (SSSR count). The highest BCUT2D eigenvalue weighted by Crippen LogP contribution is 2.37. The molecular weight excluding hydrogens is 221 g/mol. The molecule has 0 radical (unpaired) electrons. The Bertz CT molecular complexity index is 295. The summed E-state index contributed by atoms with van der Waals surface area (Å²) in [4.78, 5) is 27.9. The number of rotatable bonds is 6. The highest BCUT2D eigenvalue weighted by molar-refractivity contribution is 7.52. The first kappa shape index (κ1) is 14.3. The molecule has 0 aliphatic heterocycles. The van der Waals surface area contributed by atoms with Crippen molar-refractivity contribution < 1.29 is 24.3 Å². The number of carboxylic acid groups (broad SMARTS) is 1. The van der Waals surface area contributed by atoms with Crippen LogP contribution in [0.2, 0.25) is 0 Å². The van der Waals surface area contributed by atoms with Crippen LogP contribution in [0.4, 0.5) is 0 Å². The van der Waals surface area contributed by atoms with Crippen LogP contribution in [0, 0.1) is 0 Å². The van der Waals surface area contributed by atoms with E-state index in [-0.39, 0.29) is 0 Å². The fraction of sp³-hybridized carbons (Fsp3) is 0.625. The molecule has 0 aromatic heterocycles. The molecular formula is C8H16NO5P. The third-order valence-electron chi connectivity index (χ3n) is 1.68. The number of allylic oxidation sites excluding steroid dienone is 1. The van der Waals surface area contributed by atoms with Crippen molar-refractivity contribution in [2.75, 3.05) is 6.16 Å². The molecule has 0 aliphatic carbocycles. The summed E-state index contributed by atoms with van der Waals surface area (Å²) in [7, 11) is -4.15. The Morgan fingerprint density at radius 1 is 1.53 bits per heavy atom. The van der Waals surface area contributed by atoms with Crippen LogP contribution >= 0.6 is 7.60 Å². The summed E-state index contributed by atoms with van der Waals surface area (Å²) < 4.78 is 10.7. The van der Waals surface area contributed by atoms with Gasteiger partial charge in [-0.3, -0.25) is 9.36 Å². The van der Waals surface area contributed by atoms with Gasteiger partial charge in [0.2, 0.25) is 0 Å². The van der Waals surface area contributed by atoms with Crippen LogP contribution in [-0.2, 0) is 9.36 Å². The Labute approximate surface area is 88.0 Å². The van der Waals surface area contributed by atoms with Gasteiger partial charge in [0.15, 0.2) is 0 Å². The van der Waals surface area contributed by atoms with Gasteiger partial charge in [0.1, 0.15) is 6.04 Å². The second kappa shape index (κ2) is 6.02. The molecule has 0 amide bonds. The van der Waals surface area contributed by atoms with Crippen LogP contribution in [0.3, 0.4) is 0 Å². The zero-order valence-corrected chi connectivity index (χ0v) is 9.35. The molecule has 5 N–H and O–H groups in total. The van der Waals surface area contributed by atoms with Crippen LogP contribution in [0.25, 0.3) is 0 Å². The number of aliphatic carboxylic acids is 1. The van der Waals surface area contributed by atoms with Crippen molar-refractivity contribution in [1.82, 2.24) is 0 Å². The molecule has 0 fully saturated rings. The van der Waals surface area contributed by atoms with E-state index in [9.17, 15) is 9.36 Å². The van der Waals surface area contributed by atoms with Crippen molar-refractivity contribution in [2.45, 2.75) is 25.8 Å². The minimum absolute atomic E-state index is 0.390. The minimum atomic E-state index is -4.15. The first-order chi connectivity index (χ1) is 6.76. The van der Waals surface area contributed by atoms with Crippen molar-refractivity contribution in [3.8, 4) is 0 Å². The van der Waals surface area contributed by atoms with Crippen LogP contribution in [0.1, 0.15) is 19.8 Å². The zero-order chi connectivity index (χ0) is 12.1. The Morgan fingerprint density at radius 2 is 2.07 bits per heavy atom. The predicted molar refractivity (Wildman–Crippen MR) is 55.5 cm³/mol. The molecule has 6 nitrogen and oxygen atoms in total. The molecule has 15 heavy (non-hydrogen) atoms. The third kappa shape index (κ3) is 7.27. The van der Waals surface area contributed by atoms with Gasteiger partial charge in [-0.15, -0.1) is 0 Å². The molecule has 0 saturated carbocycles. The van der Waals surface area contributed by atoms with Gasteiger partial charge in [-0.2, -0.15) is 0 Å². The number of carboxylic acids is 1. The molecule has 0 aromatic rings. The molecule has 1 atom stereocenters. The van der Waals surface area contributed by atoms with E-state index in [1.54, 1.807) is 0 Å². The van der Waals surface area contributed by atoms with Crippen molar-refractivity contribution in [1.29, 1.82) is 0 Å². The minimum Gasteiger partial charge on any atom is -0.480 e. The van der Waals surface area contributed by atoms with Gasteiger partial charge in [-0.05, 0) is 6.42 Å². The van der Waals surface area contributed by atoms with E-state index in [1.165, 1.54) is 6.08 Å². The average Bonchev–Trinajstić information content (AvgIpc) is 2.00. The first-order valence-electron chi connectivity index (χ1n) is 4.48. The maximum Gasteiger partial charge on any atom is 0.329 e. The lowest BCUT2D eigenvalue weighted by Crippen LogP contribution is -2.28. The van der Waals surface area contributed by atoms with Gasteiger partial charge in [-0.25, -0.2) is 0 Å². The third-order valence-corrected chi connectivity index (χ3v) is 2.50. The van der Waals surface area contributed by atoms with Crippen LogP contribution < -0.4 is 5.73 Å². The molecule has 0 saturated heterocycles. The zero-order valence-electron chi connectivity index (χ0n) is 8.46. The summed E-state index contributed by atoms with van der Waals surface area (Å²) in [6, 6.07) is -1.21. The van der Waals surface area contributed by atoms with E-state index in [0.717, 1.165) is 0 Å². The summed E-state index contributed by atoms with van der Waals surface area (Å²) in [6.45, 7) is 1.83. The maximum absolute atomic E-state index is 10.7. The summed E-state index contributed by atoms with van der Waals surface area (Å²) in [5, 5.41) is 8.53. The highest BCUT2D eigenvalue weighted by Gasteiger charge is 2.17. The van der Waals surface area contributed by atoms with E-state index in [2.05, 4.69) is 0 Å². The molecule has 88 valence electrons. The quantitative estimate of drug-likeness (QED) is 0.389. The van der Waals surface area contributed by atoms with E-state index < -0.39 is 25.8 Å². The topological polar surface area (TPSA) is 121 Å². The van der Waals surface area contributed by atoms with Gasteiger partial charge >= 0.3 is 13.6 Å². The predicted octanol–water partition coefficient (Wildman–Crippen LogP) is 0.302. The Kier molecular flexibility index (Phi) is 5.75. The monoisotopic (exact) mass is 237 g/mol. The largest absolute Gasteiger partial charge is 0.480 e. The number of nitrogens with two attached hydrogens (primary N) is 1. The van der Waals surface area contributed by atoms with Crippen LogP contribution in [-0.4, -0.2) is 33.1 Å². The van der Waals surface area contributed by atoms with Crippen molar-refractivity contribution in [2.24, 2.45) is 5.73 Å². The Hall–Kier alpha value is -0.680. The molecule has 1 unspecified atom stereocenters. The van der Waals surface area contributed by atoms with E-state index in [1.807, 2.05) is 6.92 Å². The SMILES string of the molecule is CCC/C(=C\C(N)C(=O)O)CP(=O)(O)O. The lowest BCUT2D eigenvalue weighted by molar-refractivity contribution is -0.137. The van der Waals surface area contributed by atoms with Gasteiger partial charge in [0.05, 0.1) is 6.16 Å². The second-order valence-corrected chi connectivity index (χ2v) is 4.91. The van der Waals surface area contributed by atoms with Crippen molar-refractivity contribution in [3.63, 3.8) is 0 Å². The first-order valence-corrected chi connectivity index (χ1v) is 6.28. The van der Waals surface area contributed by atoms with Crippen LogP contribution in [0.5, 0.6) is 0 Å². The summed E-state index contributed by atoms with van der Waals surface area (Å²) in [5.41, 5.74) is 5.63. The smallest absolute Gasteiger partial charge is 0.329 e. The standard InChI is InChI=1S/C8H16NO5P/c1-2-3-6(5-15(12,13)14)4-7(9)8(10)11/h4,7H,2-3,5,9H2,1H3,(H,10,11)(H2,12,13,14)/b6-4+. The molecule has 0 bridgehead atoms. The van der Waals surface area contributed by atoms with Crippen molar-refractivity contribution >= 4 is 13.6 Å².